The lowest BCUT2D eigenvalue weighted by Gasteiger charge is -2.32. The number of benzene rings is 7. The van der Waals surface area contributed by atoms with Gasteiger partial charge in [-0.15, -0.1) is 0 Å². The van der Waals surface area contributed by atoms with Gasteiger partial charge in [-0.1, -0.05) is 137 Å². The SMILES string of the molecule is CC(C)c1ccc2c(c1)CC1c3cc4c(c5c6cc7cc(C(C)C)ccc7cc6n(c35)[C@@H]1C2)C1(c2ccccc2-c2ccccc21)c1ccccc1-4. The van der Waals surface area contributed by atoms with Crippen molar-refractivity contribution in [3.05, 3.63) is 177 Å². The normalized spacial score (nSPS) is 18.3. The summed E-state index contributed by atoms with van der Waals surface area (Å²) < 4.78 is 2.82. The number of hydrogen-bond acceptors (Lipinski definition) is 0. The van der Waals surface area contributed by atoms with Crippen LogP contribution in [-0.2, 0) is 18.3 Å². The van der Waals surface area contributed by atoms with Crippen LogP contribution >= 0.6 is 0 Å². The van der Waals surface area contributed by atoms with Gasteiger partial charge >= 0.3 is 0 Å². The van der Waals surface area contributed by atoms with E-state index in [0.29, 0.717) is 23.8 Å². The van der Waals surface area contributed by atoms with E-state index in [1.807, 2.05) is 0 Å². The molecule has 1 aromatic heterocycles. The lowest BCUT2D eigenvalue weighted by atomic mass is 9.69. The zero-order valence-electron chi connectivity index (χ0n) is 30.3. The first kappa shape index (κ1) is 29.2. The van der Waals surface area contributed by atoms with E-state index in [4.69, 9.17) is 0 Å². The van der Waals surface area contributed by atoms with E-state index >= 15 is 0 Å². The van der Waals surface area contributed by atoms with E-state index in [9.17, 15) is 0 Å². The number of aromatic nitrogens is 1. The molecule has 2 heterocycles. The highest BCUT2D eigenvalue weighted by Gasteiger charge is 2.54. The molecule has 0 fully saturated rings. The van der Waals surface area contributed by atoms with Crippen molar-refractivity contribution in [1.82, 2.24) is 4.57 Å². The molecule has 1 spiro atoms. The maximum Gasteiger partial charge on any atom is 0.0732 e. The van der Waals surface area contributed by atoms with Gasteiger partial charge in [0, 0.05) is 22.7 Å². The molecule has 4 aliphatic rings. The Hall–Kier alpha value is -5.40. The highest BCUT2D eigenvalue weighted by molar-refractivity contribution is 6.19. The van der Waals surface area contributed by atoms with Crippen molar-refractivity contribution in [3.63, 3.8) is 0 Å². The van der Waals surface area contributed by atoms with Crippen LogP contribution in [0.1, 0.15) is 102 Å². The van der Waals surface area contributed by atoms with Crippen LogP contribution in [0.3, 0.4) is 0 Å². The van der Waals surface area contributed by atoms with Crippen LogP contribution in [-0.4, -0.2) is 4.57 Å². The fraction of sp³-hybridized carbons (Fsp3) is 0.216. The van der Waals surface area contributed by atoms with Gasteiger partial charge in [0.2, 0.25) is 0 Å². The maximum absolute atomic E-state index is 2.82. The van der Waals surface area contributed by atoms with Gasteiger partial charge in [0.1, 0.15) is 0 Å². The second-order valence-corrected chi connectivity index (χ2v) is 16.8. The summed E-state index contributed by atoms with van der Waals surface area (Å²) >= 11 is 0. The molecular formula is C51H41N. The Kier molecular flexibility index (Phi) is 5.57. The van der Waals surface area contributed by atoms with Crippen LogP contribution < -0.4 is 0 Å². The Morgan fingerprint density at radius 2 is 1.17 bits per heavy atom. The first-order valence-electron chi connectivity index (χ1n) is 19.4. The highest BCUT2D eigenvalue weighted by Crippen LogP contribution is 2.66. The summed E-state index contributed by atoms with van der Waals surface area (Å²) in [4.78, 5) is 0. The van der Waals surface area contributed by atoms with E-state index in [2.05, 4.69) is 160 Å². The molecule has 0 N–H and O–H groups in total. The summed E-state index contributed by atoms with van der Waals surface area (Å²) in [7, 11) is 0. The molecule has 250 valence electrons. The van der Waals surface area contributed by atoms with Crippen molar-refractivity contribution in [2.75, 3.05) is 0 Å². The maximum atomic E-state index is 2.82. The van der Waals surface area contributed by atoms with Gasteiger partial charge < -0.3 is 4.57 Å². The van der Waals surface area contributed by atoms with E-state index in [1.165, 1.54) is 93.8 Å². The molecule has 0 bridgehead atoms. The standard InChI is InChI=1S/C51H41N/c1-28(2)30-17-19-32-25-46-39(23-34(32)21-30)41-27-40-38-13-7-10-16-45(38)51(43-14-8-5-11-36(43)37-12-6-9-15-44(37)51)49(40)48-42-24-35-22-31(29(3)4)18-20-33(35)26-47(42)52(46)50(41)48/h5-22,24,26-29,39,46H,23,25H2,1-4H3/t39?,46-/m1/s1. The van der Waals surface area contributed by atoms with Gasteiger partial charge in [0.15, 0.2) is 0 Å². The van der Waals surface area contributed by atoms with E-state index < -0.39 is 0 Å². The Labute approximate surface area is 305 Å². The number of fused-ring (bicyclic) bond motifs is 19. The van der Waals surface area contributed by atoms with Gasteiger partial charge in [0.25, 0.3) is 0 Å². The van der Waals surface area contributed by atoms with Crippen molar-refractivity contribution < 1.29 is 0 Å². The second kappa shape index (κ2) is 9.92. The topological polar surface area (TPSA) is 4.93 Å². The Morgan fingerprint density at radius 1 is 0.558 bits per heavy atom. The molecule has 2 atom stereocenters. The zero-order valence-corrected chi connectivity index (χ0v) is 30.3. The average Bonchev–Trinajstić information content (AvgIpc) is 3.86. The quantitative estimate of drug-likeness (QED) is 0.173. The zero-order chi connectivity index (χ0) is 34.6. The molecule has 0 saturated carbocycles. The molecule has 3 aliphatic carbocycles. The summed E-state index contributed by atoms with van der Waals surface area (Å²) in [6, 6.07) is 50.6. The molecular weight excluding hydrogens is 627 g/mol. The lowest BCUT2D eigenvalue weighted by molar-refractivity contribution is 0.429. The smallest absolute Gasteiger partial charge is 0.0732 e. The molecule has 1 nitrogen and oxygen atoms in total. The minimum absolute atomic E-state index is 0.381. The van der Waals surface area contributed by atoms with Gasteiger partial charge in [-0.05, 0) is 126 Å². The Morgan fingerprint density at radius 3 is 1.85 bits per heavy atom. The predicted octanol–water partition coefficient (Wildman–Crippen LogP) is 13.0. The van der Waals surface area contributed by atoms with Crippen molar-refractivity contribution in [2.45, 2.75) is 69.7 Å². The first-order chi connectivity index (χ1) is 25.4. The molecule has 52 heavy (non-hydrogen) atoms. The van der Waals surface area contributed by atoms with Crippen LogP contribution in [0, 0.1) is 0 Å². The number of hydrogen-bond donors (Lipinski definition) is 0. The molecule has 0 amide bonds. The van der Waals surface area contributed by atoms with Crippen molar-refractivity contribution in [3.8, 4) is 22.3 Å². The van der Waals surface area contributed by atoms with Crippen LogP contribution in [0.5, 0.6) is 0 Å². The molecule has 0 saturated heterocycles. The van der Waals surface area contributed by atoms with Gasteiger partial charge in [-0.3, -0.25) is 0 Å². The highest BCUT2D eigenvalue weighted by atomic mass is 15.1. The lowest BCUT2D eigenvalue weighted by Crippen LogP contribution is -2.26. The minimum atomic E-state index is -0.381. The molecule has 7 aromatic carbocycles. The van der Waals surface area contributed by atoms with E-state index in [1.54, 1.807) is 11.1 Å². The third-order valence-corrected chi connectivity index (χ3v) is 13.7. The summed E-state index contributed by atoms with van der Waals surface area (Å²) in [5, 5.41) is 5.57. The second-order valence-electron chi connectivity index (χ2n) is 16.8. The van der Waals surface area contributed by atoms with Gasteiger partial charge in [-0.25, -0.2) is 0 Å². The van der Waals surface area contributed by atoms with Crippen molar-refractivity contribution in [2.24, 2.45) is 0 Å². The van der Waals surface area contributed by atoms with Gasteiger partial charge in [-0.2, -0.15) is 0 Å². The molecule has 12 rings (SSSR count). The average molecular weight is 668 g/mol. The van der Waals surface area contributed by atoms with Gasteiger partial charge in [0.05, 0.1) is 16.4 Å². The summed E-state index contributed by atoms with van der Waals surface area (Å²) in [6.45, 7) is 9.27. The van der Waals surface area contributed by atoms with Crippen LogP contribution in [0.15, 0.2) is 127 Å². The minimum Gasteiger partial charge on any atom is -0.336 e. The van der Waals surface area contributed by atoms with Crippen molar-refractivity contribution in [1.29, 1.82) is 0 Å². The monoisotopic (exact) mass is 667 g/mol. The largest absolute Gasteiger partial charge is 0.336 e. The Bertz CT molecular complexity index is 2830. The molecule has 1 heteroatoms. The van der Waals surface area contributed by atoms with E-state index in [0.717, 1.165) is 12.8 Å². The first-order valence-corrected chi connectivity index (χ1v) is 19.4. The fourth-order valence-corrected chi connectivity index (χ4v) is 11.3. The molecule has 1 unspecified atom stereocenters. The van der Waals surface area contributed by atoms with Crippen LogP contribution in [0.4, 0.5) is 0 Å². The summed E-state index contributed by atoms with van der Waals surface area (Å²) in [5.74, 6) is 1.47. The summed E-state index contributed by atoms with van der Waals surface area (Å²) in [6.07, 6.45) is 2.18. The third-order valence-electron chi connectivity index (χ3n) is 13.7. The van der Waals surface area contributed by atoms with Crippen LogP contribution in [0.2, 0.25) is 0 Å². The number of nitrogens with zero attached hydrogens (tertiary/aromatic N) is 1. The Balaban J connectivity index is 1.26. The van der Waals surface area contributed by atoms with E-state index in [-0.39, 0.29) is 5.41 Å². The molecule has 1 aliphatic heterocycles. The van der Waals surface area contributed by atoms with Crippen molar-refractivity contribution >= 4 is 32.6 Å². The number of rotatable bonds is 2. The molecule has 0 radical (unpaired) electrons. The predicted molar refractivity (Wildman–Crippen MR) is 217 cm³/mol. The van der Waals surface area contributed by atoms with Crippen LogP contribution in [0.25, 0.3) is 54.8 Å². The summed E-state index contributed by atoms with van der Waals surface area (Å²) in [5.41, 5.74) is 21.3. The fourth-order valence-electron chi connectivity index (χ4n) is 11.3. The molecule has 8 aromatic rings. The third kappa shape index (κ3) is 3.41.